The first-order valence-corrected chi connectivity index (χ1v) is 8.86. The third kappa shape index (κ3) is 6.49. The van der Waals surface area contributed by atoms with Crippen molar-refractivity contribution in [2.45, 2.75) is 51.5 Å². The van der Waals surface area contributed by atoms with E-state index in [1.165, 1.54) is 10.6 Å². The Morgan fingerprint density at radius 1 is 1.47 bits per heavy atom. The Labute approximate surface area is 116 Å². The molecule has 0 aromatic rings. The molecule has 2 atom stereocenters. The Kier molecular flexibility index (Phi) is 6.42. The molecule has 1 saturated heterocycles. The van der Waals surface area contributed by atoms with Crippen LogP contribution in [0.2, 0.25) is 0 Å². The maximum atomic E-state index is 11.8. The zero-order valence-corrected chi connectivity index (χ0v) is 12.8. The van der Waals surface area contributed by atoms with Crippen molar-refractivity contribution in [1.82, 2.24) is 4.31 Å². The second-order valence-corrected chi connectivity index (χ2v) is 7.72. The highest BCUT2D eigenvalue weighted by molar-refractivity contribution is 7.88. The van der Waals surface area contributed by atoms with Gasteiger partial charge in [-0.15, -0.1) is 0 Å². The molecule has 19 heavy (non-hydrogen) atoms. The van der Waals surface area contributed by atoms with E-state index in [1.54, 1.807) is 0 Å². The highest BCUT2D eigenvalue weighted by Gasteiger charge is 2.26. The smallest absolute Gasteiger partial charge is 0.211 e. The lowest BCUT2D eigenvalue weighted by molar-refractivity contribution is -0.120. The van der Waals surface area contributed by atoms with Crippen LogP contribution in [-0.2, 0) is 14.8 Å². The highest BCUT2D eigenvalue weighted by atomic mass is 32.2. The fraction of sp³-hybridized carbons (Fsp3) is 0.923. The number of carbonyl (C=O) groups is 1. The molecule has 1 aliphatic rings. The molecule has 1 fully saturated rings. The van der Waals surface area contributed by atoms with E-state index in [1.807, 2.05) is 6.92 Å². The van der Waals surface area contributed by atoms with E-state index in [4.69, 9.17) is 5.73 Å². The molecule has 0 aromatic heterocycles. The van der Waals surface area contributed by atoms with Gasteiger partial charge in [0.25, 0.3) is 0 Å². The van der Waals surface area contributed by atoms with E-state index >= 15 is 0 Å². The van der Waals surface area contributed by atoms with Gasteiger partial charge in [0.15, 0.2) is 0 Å². The van der Waals surface area contributed by atoms with Crippen LogP contribution in [0.5, 0.6) is 0 Å². The number of hydrogen-bond donors (Lipinski definition) is 1. The van der Waals surface area contributed by atoms with E-state index < -0.39 is 10.0 Å². The SMILES string of the molecule is CC(N)CCCC(=O)CC1CCCN(S(C)(=O)=O)C1. The maximum absolute atomic E-state index is 11.8. The van der Waals surface area contributed by atoms with E-state index in [9.17, 15) is 13.2 Å². The number of piperidine rings is 1. The Morgan fingerprint density at radius 2 is 2.16 bits per heavy atom. The lowest BCUT2D eigenvalue weighted by atomic mass is 9.92. The first-order valence-electron chi connectivity index (χ1n) is 7.01. The molecule has 0 spiro atoms. The molecule has 112 valence electrons. The average Bonchev–Trinajstić information content (AvgIpc) is 2.27. The van der Waals surface area contributed by atoms with Gasteiger partial charge in [-0.05, 0) is 38.5 Å². The molecule has 5 nitrogen and oxygen atoms in total. The standard InChI is InChI=1S/C13H26N2O3S/c1-11(14)5-3-7-13(16)9-12-6-4-8-15(10-12)19(2,17)18/h11-12H,3-10,14H2,1-2H3. The van der Waals surface area contributed by atoms with Gasteiger partial charge in [0, 0.05) is 32.0 Å². The van der Waals surface area contributed by atoms with E-state index in [0.717, 1.165) is 25.7 Å². The van der Waals surface area contributed by atoms with Crippen molar-refractivity contribution in [3.8, 4) is 0 Å². The molecule has 0 aliphatic carbocycles. The van der Waals surface area contributed by atoms with Crippen LogP contribution in [0.25, 0.3) is 0 Å². The van der Waals surface area contributed by atoms with Crippen molar-refractivity contribution < 1.29 is 13.2 Å². The second-order valence-electron chi connectivity index (χ2n) is 5.74. The van der Waals surface area contributed by atoms with Crippen molar-refractivity contribution in [3.05, 3.63) is 0 Å². The number of Topliss-reactive ketones (excluding diaryl/α,β-unsaturated/α-hetero) is 1. The van der Waals surface area contributed by atoms with E-state index in [2.05, 4.69) is 0 Å². The summed E-state index contributed by atoms with van der Waals surface area (Å²) in [6, 6.07) is 0.142. The molecule has 0 bridgehead atoms. The molecule has 1 aliphatic heterocycles. The topological polar surface area (TPSA) is 80.5 Å². The Morgan fingerprint density at radius 3 is 2.74 bits per heavy atom. The van der Waals surface area contributed by atoms with Crippen molar-refractivity contribution in [1.29, 1.82) is 0 Å². The first-order chi connectivity index (χ1) is 8.79. The summed E-state index contributed by atoms with van der Waals surface area (Å²) >= 11 is 0. The van der Waals surface area contributed by atoms with Crippen molar-refractivity contribution in [2.24, 2.45) is 11.7 Å². The molecular weight excluding hydrogens is 264 g/mol. The predicted molar refractivity (Wildman–Crippen MR) is 76.3 cm³/mol. The van der Waals surface area contributed by atoms with E-state index in [-0.39, 0.29) is 17.7 Å². The third-order valence-electron chi connectivity index (χ3n) is 3.58. The maximum Gasteiger partial charge on any atom is 0.211 e. The lowest BCUT2D eigenvalue weighted by Gasteiger charge is -2.30. The minimum atomic E-state index is -3.12. The van der Waals surface area contributed by atoms with Crippen LogP contribution in [0, 0.1) is 5.92 Å². The molecule has 0 amide bonds. The first kappa shape index (κ1) is 16.6. The zero-order valence-electron chi connectivity index (χ0n) is 12.0. The summed E-state index contributed by atoms with van der Waals surface area (Å²) < 4.78 is 24.5. The molecular formula is C13H26N2O3S. The van der Waals surface area contributed by atoms with Crippen LogP contribution in [0.4, 0.5) is 0 Å². The van der Waals surface area contributed by atoms with Gasteiger partial charge in [-0.25, -0.2) is 12.7 Å². The molecule has 0 aromatic carbocycles. The van der Waals surface area contributed by atoms with Crippen LogP contribution in [0.15, 0.2) is 0 Å². The summed E-state index contributed by atoms with van der Waals surface area (Å²) in [6.07, 6.45) is 5.81. The molecule has 2 unspecified atom stereocenters. The van der Waals surface area contributed by atoms with Gasteiger partial charge in [0.1, 0.15) is 5.78 Å². The van der Waals surface area contributed by atoms with Crippen LogP contribution < -0.4 is 5.73 Å². The Hall–Kier alpha value is -0.460. The largest absolute Gasteiger partial charge is 0.328 e. The van der Waals surface area contributed by atoms with Crippen LogP contribution in [-0.4, -0.2) is 43.9 Å². The van der Waals surface area contributed by atoms with Crippen LogP contribution in [0.1, 0.15) is 45.4 Å². The monoisotopic (exact) mass is 290 g/mol. The fourth-order valence-electron chi connectivity index (χ4n) is 2.54. The quantitative estimate of drug-likeness (QED) is 0.762. The fourth-order valence-corrected chi connectivity index (χ4v) is 3.48. The summed E-state index contributed by atoms with van der Waals surface area (Å²) in [7, 11) is -3.12. The van der Waals surface area contributed by atoms with Gasteiger partial charge in [0.05, 0.1) is 6.26 Å². The summed E-state index contributed by atoms with van der Waals surface area (Å²) in [5, 5.41) is 0. The van der Waals surface area contributed by atoms with Gasteiger partial charge in [-0.3, -0.25) is 4.79 Å². The highest BCUT2D eigenvalue weighted by Crippen LogP contribution is 2.22. The summed E-state index contributed by atoms with van der Waals surface area (Å²) in [6.45, 7) is 3.03. The number of hydrogen-bond acceptors (Lipinski definition) is 4. The number of nitrogens with two attached hydrogens (primary N) is 1. The van der Waals surface area contributed by atoms with Gasteiger partial charge < -0.3 is 5.73 Å². The van der Waals surface area contributed by atoms with Crippen LogP contribution >= 0.6 is 0 Å². The Bertz CT molecular complexity index is 393. The van der Waals surface area contributed by atoms with Crippen molar-refractivity contribution >= 4 is 15.8 Å². The zero-order chi connectivity index (χ0) is 14.5. The molecule has 1 rings (SSSR count). The number of sulfonamides is 1. The van der Waals surface area contributed by atoms with Crippen LogP contribution in [0.3, 0.4) is 0 Å². The number of carbonyl (C=O) groups excluding carboxylic acids is 1. The normalized spacial score (nSPS) is 23.2. The minimum absolute atomic E-state index is 0.142. The Balaban J connectivity index is 2.34. The van der Waals surface area contributed by atoms with Gasteiger partial charge in [-0.1, -0.05) is 0 Å². The van der Waals surface area contributed by atoms with E-state index in [0.29, 0.717) is 25.9 Å². The summed E-state index contributed by atoms with van der Waals surface area (Å²) in [5.74, 6) is 0.423. The van der Waals surface area contributed by atoms with Gasteiger partial charge >= 0.3 is 0 Å². The lowest BCUT2D eigenvalue weighted by Crippen LogP contribution is -2.39. The third-order valence-corrected chi connectivity index (χ3v) is 4.85. The summed E-state index contributed by atoms with van der Waals surface area (Å²) in [4.78, 5) is 11.8. The number of rotatable bonds is 7. The predicted octanol–water partition coefficient (Wildman–Crippen LogP) is 1.13. The summed E-state index contributed by atoms with van der Waals surface area (Å²) in [5.41, 5.74) is 5.64. The minimum Gasteiger partial charge on any atom is -0.328 e. The average molecular weight is 290 g/mol. The molecule has 2 N–H and O–H groups in total. The number of nitrogens with zero attached hydrogens (tertiary/aromatic N) is 1. The molecule has 6 heteroatoms. The molecule has 0 saturated carbocycles. The van der Waals surface area contributed by atoms with Crippen molar-refractivity contribution in [2.75, 3.05) is 19.3 Å². The molecule has 1 heterocycles. The number of ketones is 1. The van der Waals surface area contributed by atoms with Gasteiger partial charge in [0.2, 0.25) is 10.0 Å². The second kappa shape index (κ2) is 7.36. The van der Waals surface area contributed by atoms with Crippen molar-refractivity contribution in [3.63, 3.8) is 0 Å². The molecule has 0 radical (unpaired) electrons. The van der Waals surface area contributed by atoms with Gasteiger partial charge in [-0.2, -0.15) is 0 Å².